The lowest BCUT2D eigenvalue weighted by Gasteiger charge is -2.19. The number of benzene rings is 2. The minimum absolute atomic E-state index is 0.271. The summed E-state index contributed by atoms with van der Waals surface area (Å²) in [5.41, 5.74) is 0.988. The Morgan fingerprint density at radius 1 is 1.11 bits per heavy atom. The van der Waals surface area contributed by atoms with Crippen molar-refractivity contribution in [1.82, 2.24) is 5.32 Å². The Balaban J connectivity index is 2.02. The van der Waals surface area contributed by atoms with Crippen molar-refractivity contribution >= 4 is 35.1 Å². The number of para-hydroxylation sites is 1. The molecular weight excluding hydrogens is 389 g/mol. The normalized spacial score (nSPS) is 12.8. The van der Waals surface area contributed by atoms with E-state index in [2.05, 4.69) is 5.32 Å². The molecule has 0 spiro atoms. The van der Waals surface area contributed by atoms with Gasteiger partial charge in [-0.1, -0.05) is 41.4 Å². The van der Waals surface area contributed by atoms with Crippen molar-refractivity contribution in [3.8, 4) is 5.75 Å². The van der Waals surface area contributed by atoms with E-state index in [1.165, 1.54) is 6.92 Å². The number of nitrogens with one attached hydrogen (secondary N) is 1. The lowest BCUT2D eigenvalue weighted by Crippen LogP contribution is -2.37. The number of carbonyl (C=O) groups is 2. The van der Waals surface area contributed by atoms with Gasteiger partial charge in [0, 0.05) is 10.0 Å². The Hall–Kier alpha value is -2.24. The molecule has 144 valence electrons. The van der Waals surface area contributed by atoms with Crippen LogP contribution in [0.3, 0.4) is 0 Å². The van der Waals surface area contributed by atoms with Crippen LogP contribution in [0.5, 0.6) is 5.75 Å². The van der Waals surface area contributed by atoms with Crippen molar-refractivity contribution in [2.45, 2.75) is 32.9 Å². The van der Waals surface area contributed by atoms with E-state index in [4.69, 9.17) is 32.7 Å². The second-order valence-electron chi connectivity index (χ2n) is 5.87. The minimum atomic E-state index is -0.985. The van der Waals surface area contributed by atoms with E-state index >= 15 is 0 Å². The van der Waals surface area contributed by atoms with E-state index in [1.54, 1.807) is 49.4 Å². The van der Waals surface area contributed by atoms with Gasteiger partial charge in [-0.05, 0) is 50.6 Å². The Kier molecular flexibility index (Phi) is 7.51. The maximum Gasteiger partial charge on any atom is 0.342 e. The predicted molar refractivity (Wildman–Crippen MR) is 106 cm³/mol. The highest BCUT2D eigenvalue weighted by molar-refractivity contribution is 6.35. The van der Waals surface area contributed by atoms with Crippen LogP contribution in [0.25, 0.3) is 0 Å². The number of halogens is 2. The van der Waals surface area contributed by atoms with Crippen molar-refractivity contribution in [2.24, 2.45) is 0 Å². The summed E-state index contributed by atoms with van der Waals surface area (Å²) in [5.74, 6) is -0.645. The molecule has 0 aliphatic heterocycles. The van der Waals surface area contributed by atoms with Crippen molar-refractivity contribution in [2.75, 3.05) is 6.61 Å². The quantitative estimate of drug-likeness (QED) is 0.665. The number of hydrogen-bond acceptors (Lipinski definition) is 4. The minimum Gasteiger partial charge on any atom is -0.493 e. The maximum atomic E-state index is 12.4. The summed E-state index contributed by atoms with van der Waals surface area (Å²) in [5, 5.41) is 3.74. The molecule has 1 N–H and O–H groups in total. The third-order valence-electron chi connectivity index (χ3n) is 3.85. The summed E-state index contributed by atoms with van der Waals surface area (Å²) < 4.78 is 10.7. The number of ether oxygens (including phenoxy) is 2. The molecule has 1 amide bonds. The molecule has 0 heterocycles. The molecule has 0 aromatic heterocycles. The molecule has 0 radical (unpaired) electrons. The Labute approximate surface area is 168 Å². The highest BCUT2D eigenvalue weighted by Gasteiger charge is 2.23. The van der Waals surface area contributed by atoms with Gasteiger partial charge in [0.25, 0.3) is 5.91 Å². The maximum absolute atomic E-state index is 12.4. The molecule has 27 heavy (non-hydrogen) atoms. The molecule has 2 rings (SSSR count). The van der Waals surface area contributed by atoms with Crippen LogP contribution in [-0.4, -0.2) is 24.6 Å². The van der Waals surface area contributed by atoms with Crippen LogP contribution in [0, 0.1) is 0 Å². The highest BCUT2D eigenvalue weighted by atomic mass is 35.5. The summed E-state index contributed by atoms with van der Waals surface area (Å²) in [6.07, 6.45) is -0.985. The SMILES string of the molecule is CCOc1ccccc1C(=O)O[C@@H](C)C(=O)N[C@H](C)c1ccc(Cl)cc1Cl. The third-order valence-corrected chi connectivity index (χ3v) is 4.41. The summed E-state index contributed by atoms with van der Waals surface area (Å²) in [6.45, 7) is 5.53. The van der Waals surface area contributed by atoms with Gasteiger partial charge in [-0.3, -0.25) is 4.79 Å². The number of esters is 1. The Morgan fingerprint density at radius 2 is 1.81 bits per heavy atom. The average molecular weight is 410 g/mol. The average Bonchev–Trinajstić information content (AvgIpc) is 2.62. The van der Waals surface area contributed by atoms with E-state index < -0.39 is 18.0 Å². The second kappa shape index (κ2) is 9.62. The van der Waals surface area contributed by atoms with Crippen LogP contribution in [-0.2, 0) is 9.53 Å². The van der Waals surface area contributed by atoms with E-state index in [0.717, 1.165) is 5.56 Å². The smallest absolute Gasteiger partial charge is 0.342 e. The zero-order valence-electron chi connectivity index (χ0n) is 15.3. The fourth-order valence-electron chi connectivity index (χ4n) is 2.46. The van der Waals surface area contributed by atoms with Crippen LogP contribution in [0.1, 0.15) is 42.7 Å². The zero-order valence-corrected chi connectivity index (χ0v) is 16.8. The molecule has 5 nitrogen and oxygen atoms in total. The first-order chi connectivity index (χ1) is 12.8. The van der Waals surface area contributed by atoms with Crippen LogP contribution < -0.4 is 10.1 Å². The fraction of sp³-hybridized carbons (Fsp3) is 0.300. The van der Waals surface area contributed by atoms with Gasteiger partial charge < -0.3 is 14.8 Å². The highest BCUT2D eigenvalue weighted by Crippen LogP contribution is 2.26. The summed E-state index contributed by atoms with van der Waals surface area (Å²) >= 11 is 12.1. The van der Waals surface area contributed by atoms with Gasteiger partial charge in [-0.25, -0.2) is 4.79 Å². The number of carbonyl (C=O) groups excluding carboxylic acids is 2. The van der Waals surface area contributed by atoms with Gasteiger partial charge in [0.15, 0.2) is 6.10 Å². The molecule has 2 aromatic carbocycles. The van der Waals surface area contributed by atoms with Crippen molar-refractivity contribution in [3.63, 3.8) is 0 Å². The fourth-order valence-corrected chi connectivity index (χ4v) is 3.03. The van der Waals surface area contributed by atoms with E-state index in [9.17, 15) is 9.59 Å². The number of rotatable bonds is 7. The number of hydrogen-bond donors (Lipinski definition) is 1. The van der Waals surface area contributed by atoms with Gasteiger partial charge in [0.2, 0.25) is 0 Å². The summed E-state index contributed by atoms with van der Waals surface area (Å²) in [4.78, 5) is 24.8. The summed E-state index contributed by atoms with van der Waals surface area (Å²) in [6, 6.07) is 11.4. The molecule has 0 aliphatic rings. The first kappa shape index (κ1) is 21.1. The second-order valence-corrected chi connectivity index (χ2v) is 6.72. The van der Waals surface area contributed by atoms with Crippen LogP contribution in [0.2, 0.25) is 10.0 Å². The van der Waals surface area contributed by atoms with Crippen molar-refractivity contribution < 1.29 is 19.1 Å². The van der Waals surface area contributed by atoms with Gasteiger partial charge in [0.1, 0.15) is 11.3 Å². The number of amides is 1. The lowest BCUT2D eigenvalue weighted by molar-refractivity contribution is -0.129. The molecule has 2 aromatic rings. The molecule has 0 fully saturated rings. The van der Waals surface area contributed by atoms with Crippen molar-refractivity contribution in [3.05, 3.63) is 63.6 Å². The molecule has 0 bridgehead atoms. The summed E-state index contributed by atoms with van der Waals surface area (Å²) in [7, 11) is 0. The standard InChI is InChI=1S/C20H21Cl2NO4/c1-4-26-18-8-6-5-7-16(18)20(25)27-13(3)19(24)23-12(2)15-10-9-14(21)11-17(15)22/h5-13H,4H2,1-3H3,(H,23,24)/t12-,13+/m1/s1. The predicted octanol–water partition coefficient (Wildman–Crippen LogP) is 4.81. The van der Waals surface area contributed by atoms with Gasteiger partial charge >= 0.3 is 5.97 Å². The Morgan fingerprint density at radius 3 is 2.48 bits per heavy atom. The first-order valence-corrected chi connectivity index (χ1v) is 9.27. The lowest BCUT2D eigenvalue weighted by atomic mass is 10.1. The largest absolute Gasteiger partial charge is 0.493 e. The van der Waals surface area contributed by atoms with Gasteiger partial charge in [-0.15, -0.1) is 0 Å². The van der Waals surface area contributed by atoms with E-state index in [-0.39, 0.29) is 11.6 Å². The molecule has 0 unspecified atom stereocenters. The molecule has 7 heteroatoms. The van der Waals surface area contributed by atoms with Crippen LogP contribution >= 0.6 is 23.2 Å². The van der Waals surface area contributed by atoms with Gasteiger partial charge in [-0.2, -0.15) is 0 Å². The molecule has 0 saturated carbocycles. The first-order valence-electron chi connectivity index (χ1n) is 8.51. The topological polar surface area (TPSA) is 64.6 Å². The van der Waals surface area contributed by atoms with Crippen molar-refractivity contribution in [1.29, 1.82) is 0 Å². The molecule has 0 saturated heterocycles. The van der Waals surface area contributed by atoms with Crippen LogP contribution in [0.4, 0.5) is 0 Å². The molecule has 2 atom stereocenters. The Bertz CT molecular complexity index is 825. The molecular formula is C20H21Cl2NO4. The van der Waals surface area contributed by atoms with E-state index in [1.807, 2.05) is 6.92 Å². The third kappa shape index (κ3) is 5.62. The molecule has 0 aliphatic carbocycles. The van der Waals surface area contributed by atoms with E-state index in [0.29, 0.717) is 22.4 Å². The zero-order chi connectivity index (χ0) is 20.0. The van der Waals surface area contributed by atoms with Gasteiger partial charge in [0.05, 0.1) is 12.6 Å². The van der Waals surface area contributed by atoms with Crippen LogP contribution in [0.15, 0.2) is 42.5 Å². The monoisotopic (exact) mass is 409 g/mol.